The normalized spacial score (nSPS) is 10.6. The number of carboxylic acid groups (broad SMARTS) is 1. The Hall–Kier alpha value is -3.21. The number of aromatic nitrogens is 1. The van der Waals surface area contributed by atoms with E-state index in [1.165, 1.54) is 10.6 Å². The van der Waals surface area contributed by atoms with E-state index in [-0.39, 0.29) is 17.9 Å². The number of hydrogen-bond donors (Lipinski definition) is 1. The fraction of sp³-hybridized carbons (Fsp3) is 0.0556. The molecular weight excluding hydrogens is 294 g/mol. The van der Waals surface area contributed by atoms with Crippen LogP contribution in [0.15, 0.2) is 65.5 Å². The third-order valence-corrected chi connectivity index (χ3v) is 3.63. The van der Waals surface area contributed by atoms with Gasteiger partial charge >= 0.3 is 5.97 Å². The summed E-state index contributed by atoms with van der Waals surface area (Å²) < 4.78 is 1.22. The van der Waals surface area contributed by atoms with Crippen molar-refractivity contribution in [3.05, 3.63) is 82.1 Å². The molecule has 0 aliphatic rings. The third-order valence-electron chi connectivity index (χ3n) is 3.63. The van der Waals surface area contributed by atoms with Crippen LogP contribution < -0.4 is 5.56 Å². The zero-order chi connectivity index (χ0) is 16.4. The molecule has 0 spiro atoms. The van der Waals surface area contributed by atoms with E-state index in [2.05, 4.69) is 0 Å². The van der Waals surface area contributed by atoms with Crippen LogP contribution in [0.2, 0.25) is 0 Å². The van der Waals surface area contributed by atoms with Crippen LogP contribution in [-0.4, -0.2) is 21.4 Å². The van der Waals surface area contributed by atoms with Crippen molar-refractivity contribution >= 4 is 22.7 Å². The Kier molecular flexibility index (Phi) is 3.76. The summed E-state index contributed by atoms with van der Waals surface area (Å²) in [6.45, 7) is -0.204. The standard InChI is InChI=1S/C18H13NO4/c20-16(12-6-2-1-3-7-12)11-19-15-9-5-4-8-13(15)10-14(17(19)21)18(22)23/h1-10H,11H2,(H,22,23). The molecule has 0 atom stereocenters. The second-order valence-electron chi connectivity index (χ2n) is 5.10. The van der Waals surface area contributed by atoms with Crippen LogP contribution >= 0.6 is 0 Å². The smallest absolute Gasteiger partial charge is 0.341 e. The lowest BCUT2D eigenvalue weighted by Crippen LogP contribution is -2.29. The van der Waals surface area contributed by atoms with Gasteiger partial charge in [-0.2, -0.15) is 0 Å². The fourth-order valence-corrected chi connectivity index (χ4v) is 2.50. The monoisotopic (exact) mass is 307 g/mol. The first-order chi connectivity index (χ1) is 11.1. The summed E-state index contributed by atoms with van der Waals surface area (Å²) in [7, 11) is 0. The average Bonchev–Trinajstić information content (AvgIpc) is 2.57. The molecule has 3 rings (SSSR count). The predicted molar refractivity (Wildman–Crippen MR) is 85.9 cm³/mol. The summed E-state index contributed by atoms with van der Waals surface area (Å²) in [6.07, 6.45) is 0. The van der Waals surface area contributed by atoms with Crippen LogP contribution in [0.5, 0.6) is 0 Å². The van der Waals surface area contributed by atoms with Gasteiger partial charge in [-0.25, -0.2) is 4.79 Å². The van der Waals surface area contributed by atoms with Gasteiger partial charge in [0.2, 0.25) is 0 Å². The van der Waals surface area contributed by atoms with Gasteiger partial charge in [-0.3, -0.25) is 14.2 Å². The van der Waals surface area contributed by atoms with Gasteiger partial charge in [0.25, 0.3) is 5.56 Å². The first kappa shape index (κ1) is 14.7. The molecule has 1 aromatic heterocycles. The number of carboxylic acids is 1. The molecule has 1 heterocycles. The number of para-hydroxylation sites is 1. The zero-order valence-corrected chi connectivity index (χ0v) is 12.1. The lowest BCUT2D eigenvalue weighted by molar-refractivity contribution is 0.0693. The molecule has 114 valence electrons. The Balaban J connectivity index is 2.16. The number of aromatic carboxylic acids is 1. The lowest BCUT2D eigenvalue weighted by Gasteiger charge is -2.11. The second kappa shape index (κ2) is 5.88. The summed E-state index contributed by atoms with van der Waals surface area (Å²) in [5.41, 5.74) is -0.0129. The molecule has 2 aromatic carbocycles. The van der Waals surface area contributed by atoms with Crippen LogP contribution in [0, 0.1) is 0 Å². The van der Waals surface area contributed by atoms with Crippen molar-refractivity contribution in [1.29, 1.82) is 0 Å². The minimum absolute atomic E-state index is 0.204. The Labute approximate surface area is 131 Å². The minimum atomic E-state index is -1.30. The van der Waals surface area contributed by atoms with E-state index >= 15 is 0 Å². The lowest BCUT2D eigenvalue weighted by atomic mass is 10.1. The van der Waals surface area contributed by atoms with Gasteiger partial charge < -0.3 is 5.11 Å². The maximum absolute atomic E-state index is 12.4. The van der Waals surface area contributed by atoms with E-state index in [1.54, 1.807) is 54.6 Å². The highest BCUT2D eigenvalue weighted by molar-refractivity contribution is 5.97. The topological polar surface area (TPSA) is 76.4 Å². The minimum Gasteiger partial charge on any atom is -0.477 e. The van der Waals surface area contributed by atoms with Gasteiger partial charge in [-0.05, 0) is 17.5 Å². The Morgan fingerprint density at radius 2 is 1.61 bits per heavy atom. The molecule has 3 aromatic rings. The van der Waals surface area contributed by atoms with Crippen molar-refractivity contribution in [2.24, 2.45) is 0 Å². The molecule has 0 amide bonds. The Morgan fingerprint density at radius 3 is 2.30 bits per heavy atom. The quantitative estimate of drug-likeness (QED) is 0.752. The van der Waals surface area contributed by atoms with Gasteiger partial charge in [0, 0.05) is 5.56 Å². The van der Waals surface area contributed by atoms with E-state index in [0.717, 1.165) is 0 Å². The van der Waals surface area contributed by atoms with Crippen molar-refractivity contribution in [3.8, 4) is 0 Å². The summed E-state index contributed by atoms with van der Waals surface area (Å²) in [4.78, 5) is 36.1. The molecule has 0 saturated carbocycles. The maximum atomic E-state index is 12.4. The molecule has 0 aliphatic carbocycles. The summed E-state index contributed by atoms with van der Waals surface area (Å²) in [5.74, 6) is -1.55. The average molecular weight is 307 g/mol. The Morgan fingerprint density at radius 1 is 0.957 bits per heavy atom. The number of nitrogens with zero attached hydrogens (tertiary/aromatic N) is 1. The molecule has 0 aliphatic heterocycles. The van der Waals surface area contributed by atoms with Gasteiger partial charge in [0.15, 0.2) is 5.78 Å². The molecule has 0 bridgehead atoms. The molecular formula is C18H13NO4. The van der Waals surface area contributed by atoms with E-state index in [0.29, 0.717) is 16.5 Å². The van der Waals surface area contributed by atoms with Crippen molar-refractivity contribution in [3.63, 3.8) is 0 Å². The van der Waals surface area contributed by atoms with E-state index in [9.17, 15) is 19.5 Å². The third kappa shape index (κ3) is 2.76. The first-order valence-electron chi connectivity index (χ1n) is 7.02. The van der Waals surface area contributed by atoms with Gasteiger partial charge in [-0.15, -0.1) is 0 Å². The molecule has 23 heavy (non-hydrogen) atoms. The number of rotatable bonds is 4. The number of benzene rings is 2. The van der Waals surface area contributed by atoms with Gasteiger partial charge in [0.05, 0.1) is 12.1 Å². The fourth-order valence-electron chi connectivity index (χ4n) is 2.50. The molecule has 5 nitrogen and oxygen atoms in total. The predicted octanol–water partition coefficient (Wildman–Crippen LogP) is 2.58. The van der Waals surface area contributed by atoms with Crippen LogP contribution in [0.1, 0.15) is 20.7 Å². The van der Waals surface area contributed by atoms with Crippen molar-refractivity contribution in [1.82, 2.24) is 4.57 Å². The number of carbonyl (C=O) groups excluding carboxylic acids is 1. The van der Waals surface area contributed by atoms with Crippen LogP contribution in [0.4, 0.5) is 0 Å². The molecule has 0 saturated heterocycles. The van der Waals surface area contributed by atoms with Crippen molar-refractivity contribution < 1.29 is 14.7 Å². The van der Waals surface area contributed by atoms with Crippen molar-refractivity contribution in [2.75, 3.05) is 0 Å². The number of Topliss-reactive ketones (excluding diaryl/α,β-unsaturated/α-hetero) is 1. The number of ketones is 1. The van der Waals surface area contributed by atoms with E-state index < -0.39 is 11.5 Å². The van der Waals surface area contributed by atoms with Crippen molar-refractivity contribution in [2.45, 2.75) is 6.54 Å². The van der Waals surface area contributed by atoms with Crippen LogP contribution in [0.25, 0.3) is 10.9 Å². The SMILES string of the molecule is O=C(Cn1c(=O)c(C(=O)O)cc2ccccc21)c1ccccc1. The highest BCUT2D eigenvalue weighted by Crippen LogP contribution is 2.14. The van der Waals surface area contributed by atoms with E-state index in [1.807, 2.05) is 0 Å². The van der Waals surface area contributed by atoms with Crippen LogP contribution in [0.3, 0.4) is 0 Å². The van der Waals surface area contributed by atoms with Gasteiger partial charge in [-0.1, -0.05) is 48.5 Å². The van der Waals surface area contributed by atoms with Crippen LogP contribution in [-0.2, 0) is 6.54 Å². The number of pyridine rings is 1. The zero-order valence-electron chi connectivity index (χ0n) is 12.1. The number of hydrogen-bond acceptors (Lipinski definition) is 3. The summed E-state index contributed by atoms with van der Waals surface area (Å²) in [5, 5.41) is 9.80. The summed E-state index contributed by atoms with van der Waals surface area (Å²) in [6, 6.07) is 16.8. The molecule has 5 heteroatoms. The highest BCUT2D eigenvalue weighted by Gasteiger charge is 2.16. The first-order valence-corrected chi connectivity index (χ1v) is 7.02. The molecule has 0 unspecified atom stereocenters. The second-order valence-corrected chi connectivity index (χ2v) is 5.10. The molecule has 1 N–H and O–H groups in total. The maximum Gasteiger partial charge on any atom is 0.341 e. The number of carbonyl (C=O) groups is 2. The Bertz CT molecular complexity index is 958. The summed E-state index contributed by atoms with van der Waals surface area (Å²) >= 11 is 0. The van der Waals surface area contributed by atoms with Gasteiger partial charge in [0.1, 0.15) is 5.56 Å². The highest BCUT2D eigenvalue weighted by atomic mass is 16.4. The number of fused-ring (bicyclic) bond motifs is 1. The largest absolute Gasteiger partial charge is 0.477 e. The molecule has 0 radical (unpaired) electrons. The molecule has 0 fully saturated rings. The van der Waals surface area contributed by atoms with E-state index in [4.69, 9.17) is 0 Å².